The van der Waals surface area contributed by atoms with E-state index in [9.17, 15) is 9.18 Å². The highest BCUT2D eigenvalue weighted by molar-refractivity contribution is 5.98. The summed E-state index contributed by atoms with van der Waals surface area (Å²) in [6, 6.07) is 15.6. The van der Waals surface area contributed by atoms with Gasteiger partial charge in [-0.25, -0.2) is 9.37 Å². The molecule has 0 aliphatic carbocycles. The molecule has 2 heterocycles. The first-order valence-corrected chi connectivity index (χ1v) is 11.6. The first-order chi connectivity index (χ1) is 17.0. The van der Waals surface area contributed by atoms with Gasteiger partial charge in [0.15, 0.2) is 11.6 Å². The fourth-order valence-corrected chi connectivity index (χ4v) is 3.77. The van der Waals surface area contributed by atoms with Crippen LogP contribution in [0.4, 0.5) is 33.2 Å². The predicted octanol–water partition coefficient (Wildman–Crippen LogP) is 3.89. The number of benzene rings is 2. The normalized spacial score (nSPS) is 13.8. The molecule has 35 heavy (non-hydrogen) atoms. The van der Waals surface area contributed by atoms with Crippen LogP contribution in [0.25, 0.3) is 0 Å². The molecule has 0 radical (unpaired) electrons. The summed E-state index contributed by atoms with van der Waals surface area (Å²) >= 11 is 0. The van der Waals surface area contributed by atoms with Crippen molar-refractivity contribution in [2.75, 3.05) is 60.6 Å². The van der Waals surface area contributed by atoms with E-state index >= 15 is 0 Å². The standard InChI is InChI=1S/C26H30FN7O/c1-3-24(35)30-20-6-4-19(5-7-20)12-13-28-25-23(27)18-29-26(32-25)31-21-8-10-22(11-9-21)34-16-14-33(2)15-17-34/h3-11,18H,1,12-17H2,2H3,(H,30,35)(H2,28,29,31,32). The number of hydrogen-bond acceptors (Lipinski definition) is 7. The summed E-state index contributed by atoms with van der Waals surface area (Å²) in [7, 11) is 2.14. The van der Waals surface area contributed by atoms with E-state index in [1.54, 1.807) is 0 Å². The minimum absolute atomic E-state index is 0.145. The van der Waals surface area contributed by atoms with Crippen molar-refractivity contribution >= 4 is 34.7 Å². The fraction of sp³-hybridized carbons (Fsp3) is 0.269. The summed E-state index contributed by atoms with van der Waals surface area (Å²) in [6.07, 6.45) is 3.05. The Labute approximate surface area is 204 Å². The number of anilines is 5. The molecule has 9 heteroatoms. The van der Waals surface area contributed by atoms with Gasteiger partial charge in [0.2, 0.25) is 11.9 Å². The Kier molecular flexibility index (Phi) is 7.89. The third-order valence-electron chi connectivity index (χ3n) is 5.85. The molecule has 4 rings (SSSR count). The summed E-state index contributed by atoms with van der Waals surface area (Å²) in [5, 5.41) is 8.89. The molecule has 8 nitrogen and oxygen atoms in total. The molecule has 1 aromatic heterocycles. The Morgan fingerprint density at radius 3 is 2.43 bits per heavy atom. The number of amides is 1. The molecule has 0 saturated carbocycles. The van der Waals surface area contributed by atoms with Crippen molar-refractivity contribution in [3.63, 3.8) is 0 Å². The van der Waals surface area contributed by atoms with E-state index in [-0.39, 0.29) is 11.7 Å². The molecule has 3 aromatic rings. The van der Waals surface area contributed by atoms with Gasteiger partial charge in [0.05, 0.1) is 6.20 Å². The van der Waals surface area contributed by atoms with Gasteiger partial charge >= 0.3 is 0 Å². The van der Waals surface area contributed by atoms with Crippen LogP contribution < -0.4 is 20.9 Å². The molecule has 1 amide bonds. The summed E-state index contributed by atoms with van der Waals surface area (Å²) in [6.45, 7) is 8.05. The van der Waals surface area contributed by atoms with Crippen LogP contribution in [0.15, 0.2) is 67.4 Å². The first-order valence-electron chi connectivity index (χ1n) is 11.6. The Balaban J connectivity index is 1.30. The quantitative estimate of drug-likeness (QED) is 0.405. The van der Waals surface area contributed by atoms with Gasteiger partial charge in [-0.3, -0.25) is 4.79 Å². The van der Waals surface area contributed by atoms with Gasteiger partial charge in [-0.15, -0.1) is 0 Å². The maximum atomic E-state index is 14.3. The number of rotatable bonds is 9. The van der Waals surface area contributed by atoms with E-state index in [0.717, 1.165) is 43.6 Å². The van der Waals surface area contributed by atoms with Crippen molar-refractivity contribution in [2.45, 2.75) is 6.42 Å². The maximum Gasteiger partial charge on any atom is 0.247 e. The largest absolute Gasteiger partial charge is 0.369 e. The predicted molar refractivity (Wildman–Crippen MR) is 139 cm³/mol. The molecule has 0 unspecified atom stereocenters. The van der Waals surface area contributed by atoms with Gasteiger partial charge in [-0.1, -0.05) is 18.7 Å². The molecular formula is C26H30FN7O. The molecule has 1 fully saturated rings. The molecule has 1 aliphatic rings. The highest BCUT2D eigenvalue weighted by atomic mass is 19.1. The third kappa shape index (κ3) is 6.77. The van der Waals surface area contributed by atoms with E-state index in [4.69, 9.17) is 0 Å². The second kappa shape index (κ2) is 11.4. The van der Waals surface area contributed by atoms with Crippen LogP contribution in [0.3, 0.4) is 0 Å². The van der Waals surface area contributed by atoms with E-state index in [1.807, 2.05) is 36.4 Å². The zero-order valence-corrected chi connectivity index (χ0v) is 19.8. The number of halogens is 1. The minimum Gasteiger partial charge on any atom is -0.369 e. The molecule has 182 valence electrons. The van der Waals surface area contributed by atoms with Crippen molar-refractivity contribution in [1.29, 1.82) is 0 Å². The maximum absolute atomic E-state index is 14.3. The molecule has 1 aliphatic heterocycles. The number of nitrogens with zero attached hydrogens (tertiary/aromatic N) is 4. The van der Waals surface area contributed by atoms with E-state index in [1.165, 1.54) is 11.8 Å². The van der Waals surface area contributed by atoms with E-state index in [0.29, 0.717) is 24.6 Å². The second-order valence-electron chi connectivity index (χ2n) is 8.42. The van der Waals surface area contributed by atoms with Crippen LogP contribution in [-0.4, -0.2) is 60.5 Å². The Morgan fingerprint density at radius 1 is 1.06 bits per heavy atom. The van der Waals surface area contributed by atoms with Crippen molar-refractivity contribution in [3.8, 4) is 0 Å². The van der Waals surface area contributed by atoms with Crippen LogP contribution in [0.5, 0.6) is 0 Å². The van der Waals surface area contributed by atoms with Crippen molar-refractivity contribution < 1.29 is 9.18 Å². The SMILES string of the molecule is C=CC(=O)Nc1ccc(CCNc2nc(Nc3ccc(N4CCN(C)CC4)cc3)ncc2F)cc1. The first kappa shape index (κ1) is 24.2. The molecule has 0 spiro atoms. The van der Waals surface area contributed by atoms with Crippen molar-refractivity contribution in [2.24, 2.45) is 0 Å². The molecule has 3 N–H and O–H groups in total. The number of carbonyl (C=O) groups excluding carboxylic acids is 1. The molecule has 0 atom stereocenters. The lowest BCUT2D eigenvalue weighted by Crippen LogP contribution is -2.44. The van der Waals surface area contributed by atoms with Gasteiger partial charge in [-0.05, 0) is 61.5 Å². The average molecular weight is 476 g/mol. The number of piperazine rings is 1. The van der Waals surface area contributed by atoms with Gasteiger partial charge in [0.1, 0.15) is 0 Å². The summed E-state index contributed by atoms with van der Waals surface area (Å²) in [5.74, 6) is -0.299. The van der Waals surface area contributed by atoms with Crippen LogP contribution in [0.1, 0.15) is 5.56 Å². The topological polar surface area (TPSA) is 85.4 Å². The Morgan fingerprint density at radius 2 is 1.74 bits per heavy atom. The second-order valence-corrected chi connectivity index (χ2v) is 8.42. The zero-order chi connectivity index (χ0) is 24.6. The van der Waals surface area contributed by atoms with Crippen molar-refractivity contribution in [1.82, 2.24) is 14.9 Å². The number of carbonyl (C=O) groups is 1. The highest BCUT2D eigenvalue weighted by Crippen LogP contribution is 2.22. The lowest BCUT2D eigenvalue weighted by molar-refractivity contribution is -0.111. The van der Waals surface area contributed by atoms with Gasteiger partial charge < -0.3 is 25.8 Å². The Hall–Kier alpha value is -3.98. The number of hydrogen-bond donors (Lipinski definition) is 3. The lowest BCUT2D eigenvalue weighted by Gasteiger charge is -2.34. The summed E-state index contributed by atoms with van der Waals surface area (Å²) in [4.78, 5) is 24.4. The molecule has 1 saturated heterocycles. The third-order valence-corrected chi connectivity index (χ3v) is 5.85. The van der Waals surface area contributed by atoms with E-state index < -0.39 is 5.82 Å². The van der Waals surface area contributed by atoms with Crippen LogP contribution in [0.2, 0.25) is 0 Å². The molecule has 2 aromatic carbocycles. The van der Waals surface area contributed by atoms with Crippen LogP contribution >= 0.6 is 0 Å². The summed E-state index contributed by atoms with van der Waals surface area (Å²) in [5.41, 5.74) is 3.76. The number of nitrogens with one attached hydrogen (secondary N) is 3. The van der Waals surface area contributed by atoms with Crippen molar-refractivity contribution in [3.05, 3.63) is 78.8 Å². The van der Waals surface area contributed by atoms with Crippen LogP contribution in [-0.2, 0) is 11.2 Å². The monoisotopic (exact) mass is 475 g/mol. The Bertz CT molecular complexity index is 1140. The van der Waals surface area contributed by atoms with Gasteiger partial charge in [-0.2, -0.15) is 4.98 Å². The fourth-order valence-electron chi connectivity index (χ4n) is 3.77. The lowest BCUT2D eigenvalue weighted by atomic mass is 10.1. The summed E-state index contributed by atoms with van der Waals surface area (Å²) < 4.78 is 14.3. The van der Waals surface area contributed by atoms with Gasteiger partial charge in [0, 0.05) is 49.8 Å². The number of aromatic nitrogens is 2. The van der Waals surface area contributed by atoms with Crippen LogP contribution in [0, 0.1) is 5.82 Å². The van der Waals surface area contributed by atoms with Gasteiger partial charge in [0.25, 0.3) is 0 Å². The van der Waals surface area contributed by atoms with E-state index in [2.05, 4.69) is 61.5 Å². The highest BCUT2D eigenvalue weighted by Gasteiger charge is 2.14. The molecular weight excluding hydrogens is 445 g/mol. The average Bonchev–Trinajstić information content (AvgIpc) is 2.88. The zero-order valence-electron chi connectivity index (χ0n) is 19.8. The minimum atomic E-state index is -0.511. The smallest absolute Gasteiger partial charge is 0.247 e. The molecule has 0 bridgehead atoms. The number of likely N-dealkylation sites (N-methyl/N-ethyl adjacent to an activating group) is 1.